The monoisotopic (exact) mass is 263 g/mol. The summed E-state index contributed by atoms with van der Waals surface area (Å²) in [6.45, 7) is 4.98. The number of fused-ring (bicyclic) bond motifs is 1. The zero-order valence-electron chi connectivity index (χ0n) is 11.5. The van der Waals surface area contributed by atoms with Crippen LogP contribution in [0.3, 0.4) is 0 Å². The lowest BCUT2D eigenvalue weighted by Crippen LogP contribution is -2.44. The predicted octanol–water partition coefficient (Wildman–Crippen LogP) is 2.47. The van der Waals surface area contributed by atoms with Gasteiger partial charge in [0, 0.05) is 12.1 Å². The van der Waals surface area contributed by atoms with Crippen LogP contribution in [-0.4, -0.2) is 29.8 Å². The van der Waals surface area contributed by atoms with E-state index in [0.29, 0.717) is 18.2 Å². The highest BCUT2D eigenvalue weighted by Gasteiger charge is 2.22. The van der Waals surface area contributed by atoms with E-state index in [1.807, 2.05) is 0 Å². The third kappa shape index (κ3) is 3.26. The fraction of sp³-hybridized carbons (Fsp3) is 0.533. The van der Waals surface area contributed by atoms with Gasteiger partial charge in [0.05, 0.1) is 5.56 Å². The van der Waals surface area contributed by atoms with Crippen LogP contribution in [0.4, 0.5) is 0 Å². The average Bonchev–Trinajstić information content (AvgIpc) is 2.43. The molecule has 1 heterocycles. The Labute approximate surface area is 113 Å². The van der Waals surface area contributed by atoms with Gasteiger partial charge in [0.15, 0.2) is 0 Å². The third-order valence-corrected chi connectivity index (χ3v) is 3.67. The molecule has 4 nitrogen and oxygen atoms in total. The summed E-state index contributed by atoms with van der Waals surface area (Å²) in [5.41, 5.74) is 1.31. The number of rotatable bonds is 5. The first-order valence-electron chi connectivity index (χ1n) is 6.89. The molecule has 1 atom stereocenters. The van der Waals surface area contributed by atoms with Crippen LogP contribution in [0.15, 0.2) is 18.2 Å². The van der Waals surface area contributed by atoms with Gasteiger partial charge in [-0.15, -0.1) is 0 Å². The summed E-state index contributed by atoms with van der Waals surface area (Å²) in [5, 5.41) is 12.6. The van der Waals surface area contributed by atoms with Crippen molar-refractivity contribution in [3.05, 3.63) is 29.3 Å². The summed E-state index contributed by atoms with van der Waals surface area (Å²) in [7, 11) is 0. The molecule has 1 aliphatic heterocycles. The van der Waals surface area contributed by atoms with Crippen molar-refractivity contribution in [1.82, 2.24) is 5.32 Å². The van der Waals surface area contributed by atoms with Crippen molar-refractivity contribution in [1.29, 1.82) is 0 Å². The van der Waals surface area contributed by atoms with Crippen LogP contribution in [0.2, 0.25) is 0 Å². The van der Waals surface area contributed by atoms with Crippen LogP contribution in [0.5, 0.6) is 5.75 Å². The van der Waals surface area contributed by atoms with Crippen molar-refractivity contribution >= 4 is 5.97 Å². The molecule has 0 aliphatic carbocycles. The van der Waals surface area contributed by atoms with Gasteiger partial charge in [-0.1, -0.05) is 13.8 Å². The third-order valence-electron chi connectivity index (χ3n) is 3.67. The summed E-state index contributed by atoms with van der Waals surface area (Å²) in [4.78, 5) is 11.0. The minimum absolute atomic E-state index is 0.265. The van der Waals surface area contributed by atoms with Crippen LogP contribution in [0, 0.1) is 0 Å². The molecule has 0 radical (unpaired) electrons. The molecule has 1 aromatic rings. The topological polar surface area (TPSA) is 58.6 Å². The van der Waals surface area contributed by atoms with Gasteiger partial charge in [0.25, 0.3) is 0 Å². The molecule has 0 aromatic heterocycles. The highest BCUT2D eigenvalue weighted by molar-refractivity contribution is 5.88. The molecule has 0 spiro atoms. The zero-order chi connectivity index (χ0) is 13.8. The number of carbonyl (C=O) groups is 1. The van der Waals surface area contributed by atoms with Gasteiger partial charge < -0.3 is 15.2 Å². The molecule has 104 valence electrons. The normalized spacial score (nSPS) is 17.9. The van der Waals surface area contributed by atoms with E-state index in [1.54, 1.807) is 18.2 Å². The van der Waals surface area contributed by atoms with E-state index in [4.69, 9.17) is 9.84 Å². The second-order valence-electron chi connectivity index (χ2n) is 5.02. The Balaban J connectivity index is 2.09. The highest BCUT2D eigenvalue weighted by Crippen LogP contribution is 2.26. The van der Waals surface area contributed by atoms with E-state index in [2.05, 4.69) is 19.2 Å². The van der Waals surface area contributed by atoms with E-state index in [9.17, 15) is 4.79 Å². The van der Waals surface area contributed by atoms with Gasteiger partial charge in [-0.3, -0.25) is 0 Å². The van der Waals surface area contributed by atoms with Crippen LogP contribution in [0.25, 0.3) is 0 Å². The lowest BCUT2D eigenvalue weighted by atomic mass is 9.99. The summed E-state index contributed by atoms with van der Waals surface area (Å²) in [6.07, 6.45) is 3.01. The molecule has 0 bridgehead atoms. The molecule has 0 fully saturated rings. The Morgan fingerprint density at radius 3 is 2.84 bits per heavy atom. The maximum atomic E-state index is 11.0. The number of carboxylic acids is 1. The summed E-state index contributed by atoms with van der Waals surface area (Å²) in [6, 6.07) is 5.83. The van der Waals surface area contributed by atoms with Crippen molar-refractivity contribution in [2.75, 3.05) is 6.61 Å². The van der Waals surface area contributed by atoms with Gasteiger partial charge >= 0.3 is 5.97 Å². The Morgan fingerprint density at radius 1 is 1.47 bits per heavy atom. The van der Waals surface area contributed by atoms with E-state index >= 15 is 0 Å². The smallest absolute Gasteiger partial charge is 0.335 e. The fourth-order valence-corrected chi connectivity index (χ4v) is 2.49. The van der Waals surface area contributed by atoms with Gasteiger partial charge in [-0.25, -0.2) is 4.79 Å². The molecule has 19 heavy (non-hydrogen) atoms. The fourth-order valence-electron chi connectivity index (χ4n) is 2.49. The number of hydrogen-bond acceptors (Lipinski definition) is 3. The zero-order valence-corrected chi connectivity index (χ0v) is 11.5. The minimum atomic E-state index is -0.891. The van der Waals surface area contributed by atoms with E-state index in [0.717, 1.165) is 30.6 Å². The Bertz CT molecular complexity index is 455. The molecule has 2 rings (SSSR count). The highest BCUT2D eigenvalue weighted by atomic mass is 16.5. The van der Waals surface area contributed by atoms with E-state index in [-0.39, 0.29) is 6.04 Å². The first-order chi connectivity index (χ1) is 9.13. The second kappa shape index (κ2) is 6.06. The molecule has 0 unspecified atom stereocenters. The Morgan fingerprint density at radius 2 is 2.21 bits per heavy atom. The largest absolute Gasteiger partial charge is 0.492 e. The molecule has 4 heteroatoms. The molecule has 1 aromatic carbocycles. The van der Waals surface area contributed by atoms with Gasteiger partial charge in [0.2, 0.25) is 0 Å². The first-order valence-corrected chi connectivity index (χ1v) is 6.89. The molecular formula is C15H21NO3. The average molecular weight is 263 g/mol. The molecular weight excluding hydrogens is 242 g/mol. The summed E-state index contributed by atoms with van der Waals surface area (Å²) < 4.78 is 5.71. The van der Waals surface area contributed by atoms with E-state index in [1.165, 1.54) is 0 Å². The first kappa shape index (κ1) is 13.9. The van der Waals surface area contributed by atoms with Crippen LogP contribution >= 0.6 is 0 Å². The number of nitrogens with one attached hydrogen (secondary N) is 1. The molecule has 2 N–H and O–H groups in total. The van der Waals surface area contributed by atoms with Crippen LogP contribution in [0.1, 0.15) is 42.6 Å². The predicted molar refractivity (Wildman–Crippen MR) is 73.9 cm³/mol. The van der Waals surface area contributed by atoms with Crippen molar-refractivity contribution < 1.29 is 14.6 Å². The SMILES string of the molecule is CCC(CC)N[C@@H]1COc2ccc(C(=O)O)cc2C1. The number of ether oxygens (including phenoxy) is 1. The summed E-state index contributed by atoms with van der Waals surface area (Å²) >= 11 is 0. The summed E-state index contributed by atoms with van der Waals surface area (Å²) in [5.74, 6) is -0.0783. The minimum Gasteiger partial charge on any atom is -0.492 e. The van der Waals surface area contributed by atoms with Gasteiger partial charge in [0.1, 0.15) is 12.4 Å². The number of benzene rings is 1. The van der Waals surface area contributed by atoms with Crippen LogP contribution < -0.4 is 10.1 Å². The van der Waals surface area contributed by atoms with Gasteiger partial charge in [-0.05, 0) is 43.0 Å². The quantitative estimate of drug-likeness (QED) is 0.856. The number of carboxylic acid groups (broad SMARTS) is 1. The lowest BCUT2D eigenvalue weighted by molar-refractivity contribution is 0.0696. The Hall–Kier alpha value is -1.55. The lowest BCUT2D eigenvalue weighted by Gasteiger charge is -2.29. The molecule has 0 amide bonds. The standard InChI is InChI=1S/C15H21NO3/c1-3-12(4-2)16-13-8-11-7-10(15(17)18)5-6-14(11)19-9-13/h5-7,12-13,16H,3-4,8-9H2,1-2H3,(H,17,18)/t13-/m0/s1. The van der Waals surface area contributed by atoms with E-state index < -0.39 is 5.97 Å². The Kier molecular flexibility index (Phi) is 4.43. The second-order valence-corrected chi connectivity index (χ2v) is 5.02. The van der Waals surface area contributed by atoms with Crippen molar-refractivity contribution in [2.24, 2.45) is 0 Å². The van der Waals surface area contributed by atoms with Crippen LogP contribution in [-0.2, 0) is 6.42 Å². The molecule has 0 saturated carbocycles. The van der Waals surface area contributed by atoms with Crippen molar-refractivity contribution in [3.8, 4) is 5.75 Å². The number of hydrogen-bond donors (Lipinski definition) is 2. The maximum Gasteiger partial charge on any atom is 0.335 e. The maximum absolute atomic E-state index is 11.0. The molecule has 0 saturated heterocycles. The molecule has 1 aliphatic rings. The van der Waals surface area contributed by atoms with Crippen molar-refractivity contribution in [2.45, 2.75) is 45.2 Å². The van der Waals surface area contributed by atoms with Gasteiger partial charge in [-0.2, -0.15) is 0 Å². The van der Waals surface area contributed by atoms with Crippen molar-refractivity contribution in [3.63, 3.8) is 0 Å². The number of aromatic carboxylic acids is 1.